The van der Waals surface area contributed by atoms with Crippen LogP contribution in [-0.2, 0) is 4.79 Å². The molecule has 0 saturated carbocycles. The van der Waals surface area contributed by atoms with Crippen molar-refractivity contribution in [1.82, 2.24) is 0 Å². The molecule has 0 saturated heterocycles. The van der Waals surface area contributed by atoms with Gasteiger partial charge in [-0.15, -0.1) is 0 Å². The van der Waals surface area contributed by atoms with E-state index in [1.807, 2.05) is 6.07 Å². The first kappa shape index (κ1) is 12.5. The Morgan fingerprint density at radius 2 is 2.07 bits per heavy atom. The van der Waals surface area contributed by atoms with Gasteiger partial charge in [-0.3, -0.25) is 0 Å². The van der Waals surface area contributed by atoms with Crippen molar-refractivity contribution < 1.29 is 9.90 Å². The van der Waals surface area contributed by atoms with Gasteiger partial charge in [0.15, 0.2) is 0 Å². The van der Waals surface area contributed by atoms with Gasteiger partial charge in [0.1, 0.15) is 0 Å². The van der Waals surface area contributed by atoms with Crippen molar-refractivity contribution in [2.75, 3.05) is 0 Å². The summed E-state index contributed by atoms with van der Waals surface area (Å²) in [5.41, 5.74) is 0. The molecule has 0 aliphatic rings. The first-order valence-corrected chi connectivity index (χ1v) is 7.67. The summed E-state index contributed by atoms with van der Waals surface area (Å²) in [6.07, 6.45) is 2.25. The van der Waals surface area contributed by atoms with E-state index in [0.29, 0.717) is 10.4 Å². The average Bonchev–Trinajstić information content (AvgIpc) is 2.25. The Balaban J connectivity index is 2.43. The molecular formula is C12H16O2Te. The molecule has 0 aliphatic carbocycles. The van der Waals surface area contributed by atoms with Crippen LogP contribution in [0, 0.1) is 0 Å². The summed E-state index contributed by atoms with van der Waals surface area (Å²) in [6.45, 7) is 2.15. The fourth-order valence-electron chi connectivity index (χ4n) is 1.32. The van der Waals surface area contributed by atoms with E-state index in [9.17, 15) is 4.79 Å². The number of carbonyl (C=O) groups is 1. The van der Waals surface area contributed by atoms with Gasteiger partial charge in [-0.1, -0.05) is 0 Å². The zero-order chi connectivity index (χ0) is 11.1. The summed E-state index contributed by atoms with van der Waals surface area (Å²) in [5.74, 6) is -0.672. The van der Waals surface area contributed by atoms with Crippen LogP contribution in [-0.4, -0.2) is 32.0 Å². The quantitative estimate of drug-likeness (QED) is 0.815. The first-order chi connectivity index (χ1) is 7.22. The first-order valence-electron chi connectivity index (χ1n) is 5.16. The Bertz CT molecular complexity index is 298. The second kappa shape index (κ2) is 6.87. The van der Waals surface area contributed by atoms with Crippen LogP contribution in [0.25, 0.3) is 0 Å². The summed E-state index contributed by atoms with van der Waals surface area (Å²) < 4.78 is 2.05. The Morgan fingerprint density at radius 1 is 1.40 bits per heavy atom. The molecule has 1 aromatic rings. The maximum absolute atomic E-state index is 10.5. The molecule has 2 nitrogen and oxygen atoms in total. The SMILES string of the molecule is CCC(CCC(=O)O)[Te]c1ccccc1. The summed E-state index contributed by atoms with van der Waals surface area (Å²) in [4.78, 5) is 10.5. The molecule has 0 spiro atoms. The molecule has 1 aromatic carbocycles. The molecule has 1 unspecified atom stereocenters. The van der Waals surface area contributed by atoms with Crippen molar-refractivity contribution in [3.05, 3.63) is 30.3 Å². The number of carboxylic acids is 1. The van der Waals surface area contributed by atoms with E-state index in [4.69, 9.17) is 5.11 Å². The molecule has 0 heterocycles. The summed E-state index contributed by atoms with van der Waals surface area (Å²) in [7, 11) is 0. The van der Waals surface area contributed by atoms with Crippen LogP contribution in [0.4, 0.5) is 0 Å². The molecule has 0 amide bonds. The second-order valence-electron chi connectivity index (χ2n) is 3.39. The molecule has 15 heavy (non-hydrogen) atoms. The van der Waals surface area contributed by atoms with Gasteiger partial charge in [-0.25, -0.2) is 0 Å². The van der Waals surface area contributed by atoms with Gasteiger partial charge in [0.25, 0.3) is 0 Å². The van der Waals surface area contributed by atoms with E-state index in [1.54, 1.807) is 0 Å². The van der Waals surface area contributed by atoms with Crippen molar-refractivity contribution in [3.63, 3.8) is 0 Å². The minimum absolute atomic E-state index is 0.221. The normalized spacial score (nSPS) is 12.3. The van der Waals surface area contributed by atoms with Gasteiger partial charge in [0, 0.05) is 0 Å². The Hall–Kier alpha value is -0.520. The number of benzene rings is 1. The monoisotopic (exact) mass is 322 g/mol. The molecule has 1 N–H and O–H groups in total. The van der Waals surface area contributed by atoms with Crippen LogP contribution < -0.4 is 3.61 Å². The fourth-order valence-corrected chi connectivity index (χ4v) is 4.47. The number of aliphatic carboxylic acids is 1. The van der Waals surface area contributed by atoms with Crippen molar-refractivity contribution in [2.24, 2.45) is 0 Å². The predicted molar refractivity (Wildman–Crippen MR) is 62.7 cm³/mol. The number of carboxylic acid groups (broad SMARTS) is 1. The fraction of sp³-hybridized carbons (Fsp3) is 0.417. The number of rotatable bonds is 6. The molecule has 0 fully saturated rings. The summed E-state index contributed by atoms with van der Waals surface area (Å²) >= 11 is -0.221. The van der Waals surface area contributed by atoms with Gasteiger partial charge < -0.3 is 0 Å². The molecule has 3 heteroatoms. The molecule has 1 rings (SSSR count). The van der Waals surface area contributed by atoms with E-state index < -0.39 is 5.97 Å². The van der Waals surface area contributed by atoms with Crippen LogP contribution in [0.2, 0.25) is 3.97 Å². The third kappa shape index (κ3) is 5.20. The van der Waals surface area contributed by atoms with Crippen molar-refractivity contribution in [3.8, 4) is 0 Å². The molecule has 0 radical (unpaired) electrons. The molecule has 82 valence electrons. The molecule has 0 aliphatic heterocycles. The van der Waals surface area contributed by atoms with E-state index in [-0.39, 0.29) is 20.9 Å². The Labute approximate surface area is 101 Å². The van der Waals surface area contributed by atoms with E-state index in [0.717, 1.165) is 12.8 Å². The van der Waals surface area contributed by atoms with Gasteiger partial charge in [0.2, 0.25) is 0 Å². The molecular weight excluding hydrogens is 304 g/mol. The van der Waals surface area contributed by atoms with E-state index in [2.05, 4.69) is 31.2 Å². The Morgan fingerprint density at radius 3 is 2.60 bits per heavy atom. The third-order valence-electron chi connectivity index (χ3n) is 2.18. The zero-order valence-electron chi connectivity index (χ0n) is 8.85. The van der Waals surface area contributed by atoms with E-state index >= 15 is 0 Å². The average molecular weight is 320 g/mol. The summed E-state index contributed by atoms with van der Waals surface area (Å²) in [5, 5.41) is 8.64. The number of hydrogen-bond donors (Lipinski definition) is 1. The van der Waals surface area contributed by atoms with Gasteiger partial charge in [-0.05, 0) is 0 Å². The van der Waals surface area contributed by atoms with Gasteiger partial charge >= 0.3 is 101 Å². The molecule has 0 bridgehead atoms. The van der Waals surface area contributed by atoms with E-state index in [1.165, 1.54) is 3.61 Å². The standard InChI is InChI=1S/C12H16O2Te/c1-2-10(8-9-12(13)14)15-11-6-4-3-5-7-11/h3-7,10H,2,8-9H2,1H3,(H,13,14). The Kier molecular flexibility index (Phi) is 5.75. The molecule has 0 aromatic heterocycles. The van der Waals surface area contributed by atoms with Crippen molar-refractivity contribution in [2.45, 2.75) is 30.2 Å². The number of hydrogen-bond acceptors (Lipinski definition) is 1. The molecule has 1 atom stereocenters. The van der Waals surface area contributed by atoms with Gasteiger partial charge in [0.05, 0.1) is 0 Å². The topological polar surface area (TPSA) is 37.3 Å². The van der Waals surface area contributed by atoms with Crippen LogP contribution in [0.3, 0.4) is 0 Å². The van der Waals surface area contributed by atoms with Crippen molar-refractivity contribution >= 4 is 30.5 Å². The van der Waals surface area contributed by atoms with Gasteiger partial charge in [-0.2, -0.15) is 0 Å². The van der Waals surface area contributed by atoms with Crippen LogP contribution >= 0.6 is 0 Å². The van der Waals surface area contributed by atoms with Crippen LogP contribution in [0.1, 0.15) is 26.2 Å². The van der Waals surface area contributed by atoms with Crippen LogP contribution in [0.15, 0.2) is 30.3 Å². The maximum atomic E-state index is 10.5. The summed E-state index contributed by atoms with van der Waals surface area (Å²) in [6, 6.07) is 10.5. The minimum atomic E-state index is -0.672. The predicted octanol–water partition coefficient (Wildman–Crippen LogP) is 2.08. The van der Waals surface area contributed by atoms with Crippen molar-refractivity contribution in [1.29, 1.82) is 0 Å². The zero-order valence-corrected chi connectivity index (χ0v) is 11.2. The second-order valence-corrected chi connectivity index (χ2v) is 7.31. The third-order valence-corrected chi connectivity index (χ3v) is 6.31. The van der Waals surface area contributed by atoms with Crippen LogP contribution in [0.5, 0.6) is 0 Å².